The lowest BCUT2D eigenvalue weighted by Crippen LogP contribution is -2.59. The zero-order valence-electron chi connectivity index (χ0n) is 37.0. The van der Waals surface area contributed by atoms with Crippen LogP contribution in [0, 0.1) is 23.7 Å². The van der Waals surface area contributed by atoms with Gasteiger partial charge >= 0.3 is 24.1 Å². The number of rotatable bonds is 18. The van der Waals surface area contributed by atoms with Gasteiger partial charge < -0.3 is 30.7 Å². The Morgan fingerprint density at radius 1 is 0.586 bits per heavy atom. The van der Waals surface area contributed by atoms with Gasteiger partial charge in [-0.1, -0.05) is 62.3 Å². The van der Waals surface area contributed by atoms with Crippen LogP contribution in [0.2, 0.25) is 0 Å². The quantitative estimate of drug-likeness (QED) is 0.133. The molecule has 0 aliphatic rings. The van der Waals surface area contributed by atoms with Crippen molar-refractivity contribution in [2.24, 2.45) is 23.7 Å². The van der Waals surface area contributed by atoms with E-state index in [1.807, 2.05) is 38.3 Å². The van der Waals surface area contributed by atoms with Gasteiger partial charge in [-0.3, -0.25) is 49.2 Å². The van der Waals surface area contributed by atoms with Gasteiger partial charge in [0.15, 0.2) is 0 Å². The van der Waals surface area contributed by atoms with Gasteiger partial charge in [-0.2, -0.15) is 0 Å². The second-order valence-electron chi connectivity index (χ2n) is 15.9. The van der Waals surface area contributed by atoms with E-state index in [1.165, 1.54) is 40.1 Å². The summed E-state index contributed by atoms with van der Waals surface area (Å²) < 4.78 is 0. The van der Waals surface area contributed by atoms with Crippen LogP contribution in [0.5, 0.6) is 0 Å². The first kappa shape index (κ1) is 52.7. The van der Waals surface area contributed by atoms with E-state index in [9.17, 15) is 47.9 Å². The van der Waals surface area contributed by atoms with Gasteiger partial charge in [-0.15, -0.1) is 0 Å². The average molecular weight is 825 g/mol. The SMILES string of the molecule is CC[C@H](NC(=O)N(C)C(=O)[C@H](C(C)C)N(C)C(=O)CCC(C)C)C(=O)N(C)CC(=O)N(C)[C@@H](CC(C)C)C(=O)N[C@H](C(=O)N(C)C(=O)NC(=O)NC(=O)NC)C(C)C. The van der Waals surface area contributed by atoms with Gasteiger partial charge in [-0.25, -0.2) is 19.2 Å². The molecule has 0 aromatic rings. The van der Waals surface area contributed by atoms with Crippen LogP contribution in [0.4, 0.5) is 19.2 Å². The summed E-state index contributed by atoms with van der Waals surface area (Å²) in [6.07, 6.45) is 1.15. The lowest BCUT2D eigenvalue weighted by atomic mass is 9.99. The molecule has 0 aliphatic carbocycles. The van der Waals surface area contributed by atoms with Crippen molar-refractivity contribution in [3.05, 3.63) is 0 Å². The topological polar surface area (TPSA) is 247 Å². The molecule has 20 heteroatoms. The molecule has 0 saturated carbocycles. The fourth-order valence-corrected chi connectivity index (χ4v) is 5.69. The summed E-state index contributed by atoms with van der Waals surface area (Å²) >= 11 is 0. The van der Waals surface area contributed by atoms with Gasteiger partial charge in [0.25, 0.3) is 11.8 Å². The lowest BCUT2D eigenvalue weighted by Gasteiger charge is -2.34. The number of carbonyl (C=O) groups is 10. The number of likely N-dealkylation sites (N-methyl/N-ethyl adjacent to an activating group) is 5. The van der Waals surface area contributed by atoms with Crippen molar-refractivity contribution >= 4 is 59.6 Å². The van der Waals surface area contributed by atoms with E-state index < -0.39 is 90.3 Å². The molecule has 0 aromatic heterocycles. The van der Waals surface area contributed by atoms with Crippen LogP contribution in [-0.2, 0) is 28.8 Å². The van der Waals surface area contributed by atoms with Crippen LogP contribution in [0.3, 0.4) is 0 Å². The Kier molecular flexibility index (Phi) is 22.2. The first-order valence-electron chi connectivity index (χ1n) is 19.5. The highest BCUT2D eigenvalue weighted by Gasteiger charge is 2.37. The summed E-state index contributed by atoms with van der Waals surface area (Å²) in [6.45, 7) is 15.5. The number of urea groups is 4. The molecule has 0 aliphatic heterocycles. The molecule has 330 valence electrons. The van der Waals surface area contributed by atoms with Crippen molar-refractivity contribution in [2.45, 2.75) is 112 Å². The number of amides is 14. The van der Waals surface area contributed by atoms with Crippen molar-refractivity contribution in [1.29, 1.82) is 0 Å². The number of imide groups is 4. The van der Waals surface area contributed by atoms with Crippen molar-refractivity contribution in [2.75, 3.05) is 48.8 Å². The summed E-state index contributed by atoms with van der Waals surface area (Å²) in [5, 5.41) is 11.0. The smallest absolute Gasteiger partial charge is 0.331 e. The number of hydrogen-bond acceptors (Lipinski definition) is 10. The van der Waals surface area contributed by atoms with Crippen LogP contribution in [-0.4, -0.2) is 157 Å². The van der Waals surface area contributed by atoms with Crippen LogP contribution in [0.15, 0.2) is 0 Å². The maximum absolute atomic E-state index is 13.7. The van der Waals surface area contributed by atoms with Gasteiger partial charge in [0.2, 0.25) is 23.6 Å². The Morgan fingerprint density at radius 2 is 1.14 bits per heavy atom. The Bertz CT molecular complexity index is 1500. The Morgan fingerprint density at radius 3 is 1.60 bits per heavy atom. The Balaban J connectivity index is 5.92. The van der Waals surface area contributed by atoms with Gasteiger partial charge in [0.1, 0.15) is 24.2 Å². The van der Waals surface area contributed by atoms with Crippen LogP contribution >= 0.6 is 0 Å². The van der Waals surface area contributed by atoms with Crippen molar-refractivity contribution in [1.82, 2.24) is 51.1 Å². The Labute approximate surface area is 342 Å². The second kappa shape index (κ2) is 24.5. The minimum Gasteiger partial charge on any atom is -0.342 e. The predicted molar refractivity (Wildman–Crippen MR) is 216 cm³/mol. The van der Waals surface area contributed by atoms with Crippen molar-refractivity contribution in [3.63, 3.8) is 0 Å². The highest BCUT2D eigenvalue weighted by Crippen LogP contribution is 2.17. The van der Waals surface area contributed by atoms with Crippen molar-refractivity contribution < 1.29 is 47.9 Å². The first-order valence-corrected chi connectivity index (χ1v) is 19.5. The number of nitrogens with one attached hydrogen (secondary N) is 5. The summed E-state index contributed by atoms with van der Waals surface area (Å²) in [5.74, 6) is -4.42. The number of nitrogens with zero attached hydrogens (tertiary/aromatic N) is 5. The lowest BCUT2D eigenvalue weighted by molar-refractivity contribution is -0.145. The monoisotopic (exact) mass is 825 g/mol. The molecule has 58 heavy (non-hydrogen) atoms. The molecule has 0 spiro atoms. The summed E-state index contributed by atoms with van der Waals surface area (Å²) in [4.78, 5) is 135. The molecule has 14 amide bonds. The minimum atomic E-state index is -1.27. The van der Waals surface area contributed by atoms with Gasteiger partial charge in [0, 0.05) is 48.7 Å². The van der Waals surface area contributed by atoms with Crippen LogP contribution in [0.25, 0.3) is 0 Å². The zero-order chi connectivity index (χ0) is 45.4. The first-order chi connectivity index (χ1) is 26.7. The molecule has 0 bridgehead atoms. The largest absolute Gasteiger partial charge is 0.342 e. The average Bonchev–Trinajstić information content (AvgIpc) is 3.14. The van der Waals surface area contributed by atoms with E-state index in [-0.39, 0.29) is 42.9 Å². The molecule has 0 saturated heterocycles. The van der Waals surface area contributed by atoms with Gasteiger partial charge in [0.05, 0.1) is 6.54 Å². The fraction of sp³-hybridized carbons (Fsp3) is 0.737. The molecule has 0 fully saturated rings. The normalized spacial score (nSPS) is 13.1. The van der Waals surface area contributed by atoms with E-state index in [4.69, 9.17) is 0 Å². The summed E-state index contributed by atoms with van der Waals surface area (Å²) in [5.41, 5.74) is 0. The number of carbonyl (C=O) groups excluding carboxylic acids is 10. The summed E-state index contributed by atoms with van der Waals surface area (Å²) in [6, 6.07) is -8.56. The van der Waals surface area contributed by atoms with E-state index >= 15 is 0 Å². The molecule has 0 unspecified atom stereocenters. The Hall–Kier alpha value is -5.30. The maximum Gasteiger partial charge on any atom is 0.331 e. The van der Waals surface area contributed by atoms with Crippen LogP contribution < -0.4 is 26.6 Å². The fourth-order valence-electron chi connectivity index (χ4n) is 5.69. The maximum atomic E-state index is 13.7. The standard InChI is InChI=1S/C38H68N10O10/c1-16-25(40-37(57)48(15)34(54)30(24(8)9)46(13)27(49)18-17-21(2)3)32(52)44(11)20-28(50)45(12)26(19-22(4)5)31(51)41-29(23(6)7)33(53)47(14)38(58)43-36(56)42-35(55)39-10/h21-26,29-30H,16-20H2,1-15H3,(H,40,57)(H,41,51)(H3,39,42,43,55,56,58)/t25-,26-,29-,30-/m0/s1. The molecular formula is C38H68N10O10. The van der Waals surface area contributed by atoms with E-state index in [0.29, 0.717) is 11.3 Å². The molecule has 4 atom stereocenters. The third-order valence-electron chi connectivity index (χ3n) is 9.42. The molecule has 20 nitrogen and oxygen atoms in total. The third kappa shape index (κ3) is 16.3. The highest BCUT2D eigenvalue weighted by molar-refractivity contribution is 6.06. The molecule has 0 rings (SSSR count). The number of hydrogen-bond donors (Lipinski definition) is 5. The second-order valence-corrected chi connectivity index (χ2v) is 15.9. The zero-order valence-corrected chi connectivity index (χ0v) is 37.0. The third-order valence-corrected chi connectivity index (χ3v) is 9.42. The van der Waals surface area contributed by atoms with Crippen LogP contribution in [0.1, 0.15) is 88.0 Å². The van der Waals surface area contributed by atoms with E-state index in [0.717, 1.165) is 21.7 Å². The molecular weight excluding hydrogens is 756 g/mol. The van der Waals surface area contributed by atoms with E-state index in [1.54, 1.807) is 34.6 Å². The molecule has 0 aromatic carbocycles. The molecule has 5 N–H and O–H groups in total. The predicted octanol–water partition coefficient (Wildman–Crippen LogP) is 1.54. The van der Waals surface area contributed by atoms with Gasteiger partial charge in [-0.05, 0) is 42.9 Å². The van der Waals surface area contributed by atoms with Crippen molar-refractivity contribution in [3.8, 4) is 0 Å². The minimum absolute atomic E-state index is 0.108. The van der Waals surface area contributed by atoms with E-state index in [2.05, 4.69) is 16.0 Å². The summed E-state index contributed by atoms with van der Waals surface area (Å²) in [7, 11) is 7.85. The molecule has 0 heterocycles. The molecule has 0 radical (unpaired) electrons. The highest BCUT2D eigenvalue weighted by atomic mass is 16.2.